The molecule has 10 nitrogen and oxygen atoms in total. The minimum atomic E-state index is -1.27. The number of nitro benzene ring substituents is 2. The van der Waals surface area contributed by atoms with Gasteiger partial charge in [0.05, 0.1) is 15.9 Å². The van der Waals surface area contributed by atoms with Crippen LogP contribution in [0.4, 0.5) is 17.1 Å². The van der Waals surface area contributed by atoms with Crippen LogP contribution in [0.3, 0.4) is 0 Å². The van der Waals surface area contributed by atoms with Crippen molar-refractivity contribution in [3.8, 4) is 0 Å². The smallest absolute Gasteiger partial charge is 0.326 e. The van der Waals surface area contributed by atoms with E-state index in [-0.39, 0.29) is 17.9 Å². The van der Waals surface area contributed by atoms with E-state index in [1.807, 2.05) is 0 Å². The predicted octanol–water partition coefficient (Wildman–Crippen LogP) is 1.14. The van der Waals surface area contributed by atoms with Crippen molar-refractivity contribution < 1.29 is 24.0 Å². The molecule has 2 atom stereocenters. The van der Waals surface area contributed by atoms with E-state index in [2.05, 4.69) is 5.32 Å². The SMILES string of the molecule is C[S@](=O)CC[C@@H](Nc1ccc([N+](=O)[O-])cc1[N+](=O)[O-])C(=O)O. The molecular formula is C11H13N3O7S. The number of anilines is 1. The van der Waals surface area contributed by atoms with Gasteiger partial charge in [0.25, 0.3) is 11.4 Å². The van der Waals surface area contributed by atoms with E-state index < -0.39 is 44.0 Å². The van der Waals surface area contributed by atoms with Gasteiger partial charge in [-0.3, -0.25) is 24.4 Å². The standard InChI is InChI=1S/C11H13N3O7S/c1-22(21)5-4-9(11(15)16)12-8-3-2-7(13(17)18)6-10(8)14(19)20/h2-3,6,9,12H,4-5H2,1H3,(H,15,16)/t9-,22+/m1/s1. The van der Waals surface area contributed by atoms with Gasteiger partial charge in [-0.15, -0.1) is 0 Å². The highest BCUT2D eigenvalue weighted by molar-refractivity contribution is 7.84. The van der Waals surface area contributed by atoms with E-state index in [1.165, 1.54) is 6.26 Å². The Labute approximate surface area is 126 Å². The molecule has 120 valence electrons. The van der Waals surface area contributed by atoms with Crippen LogP contribution in [0.25, 0.3) is 0 Å². The summed E-state index contributed by atoms with van der Waals surface area (Å²) >= 11 is 0. The van der Waals surface area contributed by atoms with Crippen molar-refractivity contribution in [2.45, 2.75) is 12.5 Å². The van der Waals surface area contributed by atoms with Crippen LogP contribution < -0.4 is 5.32 Å². The van der Waals surface area contributed by atoms with Crippen molar-refractivity contribution >= 4 is 33.8 Å². The van der Waals surface area contributed by atoms with Crippen molar-refractivity contribution in [3.05, 3.63) is 38.4 Å². The van der Waals surface area contributed by atoms with Gasteiger partial charge in [-0.1, -0.05) is 0 Å². The number of rotatable bonds is 8. The Hall–Kier alpha value is -2.56. The summed E-state index contributed by atoms with van der Waals surface area (Å²) in [5.41, 5.74) is -1.22. The summed E-state index contributed by atoms with van der Waals surface area (Å²) in [5.74, 6) is -1.16. The third kappa shape index (κ3) is 4.77. The molecule has 22 heavy (non-hydrogen) atoms. The van der Waals surface area contributed by atoms with Gasteiger partial charge >= 0.3 is 5.97 Å². The Kier molecular flexibility index (Phi) is 5.92. The largest absolute Gasteiger partial charge is 0.480 e. The minimum Gasteiger partial charge on any atom is -0.480 e. The summed E-state index contributed by atoms with van der Waals surface area (Å²) < 4.78 is 11.0. The van der Waals surface area contributed by atoms with Gasteiger partial charge in [-0.25, -0.2) is 4.79 Å². The number of carbonyl (C=O) groups is 1. The number of carboxylic acid groups (broad SMARTS) is 1. The van der Waals surface area contributed by atoms with Gasteiger partial charge < -0.3 is 10.4 Å². The van der Waals surface area contributed by atoms with Crippen LogP contribution >= 0.6 is 0 Å². The molecule has 0 radical (unpaired) electrons. The molecule has 0 unspecified atom stereocenters. The topological polar surface area (TPSA) is 153 Å². The van der Waals surface area contributed by atoms with Gasteiger partial charge in [0.15, 0.2) is 0 Å². The Balaban J connectivity index is 3.08. The molecule has 0 saturated carbocycles. The molecule has 0 aromatic heterocycles. The third-order valence-electron chi connectivity index (χ3n) is 2.71. The van der Waals surface area contributed by atoms with Crippen molar-refractivity contribution in [2.75, 3.05) is 17.3 Å². The lowest BCUT2D eigenvalue weighted by Gasteiger charge is -2.15. The molecule has 0 spiro atoms. The molecule has 0 amide bonds. The summed E-state index contributed by atoms with van der Waals surface area (Å²) in [4.78, 5) is 31.1. The van der Waals surface area contributed by atoms with Crippen LogP contribution in [-0.2, 0) is 15.6 Å². The number of nitrogens with zero attached hydrogens (tertiary/aromatic N) is 2. The molecule has 0 aliphatic carbocycles. The lowest BCUT2D eigenvalue weighted by atomic mass is 10.2. The normalized spacial score (nSPS) is 13.1. The molecule has 0 fully saturated rings. The average Bonchev–Trinajstić information content (AvgIpc) is 2.42. The van der Waals surface area contributed by atoms with Crippen LogP contribution in [0.2, 0.25) is 0 Å². The van der Waals surface area contributed by atoms with Crippen molar-refractivity contribution in [1.82, 2.24) is 0 Å². The van der Waals surface area contributed by atoms with Crippen molar-refractivity contribution in [1.29, 1.82) is 0 Å². The fourth-order valence-corrected chi connectivity index (χ4v) is 2.20. The number of benzene rings is 1. The van der Waals surface area contributed by atoms with Crippen LogP contribution in [0.5, 0.6) is 0 Å². The second-order valence-corrected chi connectivity index (χ2v) is 5.87. The van der Waals surface area contributed by atoms with E-state index in [4.69, 9.17) is 5.11 Å². The highest BCUT2D eigenvalue weighted by Crippen LogP contribution is 2.29. The first-order valence-electron chi connectivity index (χ1n) is 5.94. The zero-order valence-corrected chi connectivity index (χ0v) is 12.2. The molecule has 0 aliphatic rings. The quantitative estimate of drug-likeness (QED) is 0.531. The maximum absolute atomic E-state index is 11.1. The highest BCUT2D eigenvalue weighted by Gasteiger charge is 2.24. The molecule has 11 heteroatoms. The predicted molar refractivity (Wildman–Crippen MR) is 78.3 cm³/mol. The lowest BCUT2D eigenvalue weighted by Crippen LogP contribution is -2.31. The fraction of sp³-hybridized carbons (Fsp3) is 0.364. The molecule has 1 rings (SSSR count). The summed E-state index contributed by atoms with van der Waals surface area (Å²) in [6, 6.07) is 1.67. The Morgan fingerprint density at radius 2 is 2.00 bits per heavy atom. The Morgan fingerprint density at radius 1 is 1.36 bits per heavy atom. The number of hydrogen-bond donors (Lipinski definition) is 2. The molecule has 0 saturated heterocycles. The van der Waals surface area contributed by atoms with Crippen LogP contribution in [0, 0.1) is 20.2 Å². The van der Waals surface area contributed by atoms with Gasteiger partial charge in [0.2, 0.25) is 0 Å². The molecule has 1 aromatic rings. The number of aliphatic carboxylic acids is 1. The zero-order chi connectivity index (χ0) is 16.9. The number of nitro groups is 2. The first-order valence-corrected chi connectivity index (χ1v) is 7.67. The molecule has 0 aliphatic heterocycles. The van der Waals surface area contributed by atoms with E-state index >= 15 is 0 Å². The minimum absolute atomic E-state index is 0.00735. The summed E-state index contributed by atoms with van der Waals surface area (Å²) in [7, 11) is -1.21. The fourth-order valence-electron chi connectivity index (χ4n) is 1.64. The average molecular weight is 331 g/mol. The van der Waals surface area contributed by atoms with Gasteiger partial charge in [-0.2, -0.15) is 0 Å². The zero-order valence-electron chi connectivity index (χ0n) is 11.4. The maximum atomic E-state index is 11.1. The van der Waals surface area contributed by atoms with E-state index in [1.54, 1.807) is 0 Å². The van der Waals surface area contributed by atoms with Crippen LogP contribution in [0.1, 0.15) is 6.42 Å². The lowest BCUT2D eigenvalue weighted by molar-refractivity contribution is -0.393. The van der Waals surface area contributed by atoms with Crippen LogP contribution in [-0.4, -0.2) is 43.2 Å². The first kappa shape index (κ1) is 17.5. The highest BCUT2D eigenvalue weighted by atomic mass is 32.2. The summed E-state index contributed by atoms with van der Waals surface area (Å²) in [6.07, 6.45) is 1.40. The van der Waals surface area contributed by atoms with Crippen molar-refractivity contribution in [2.24, 2.45) is 0 Å². The maximum Gasteiger partial charge on any atom is 0.326 e. The molecule has 0 bridgehead atoms. The van der Waals surface area contributed by atoms with Gasteiger partial charge in [0.1, 0.15) is 11.7 Å². The van der Waals surface area contributed by atoms with E-state index in [9.17, 15) is 29.2 Å². The molecular weight excluding hydrogens is 318 g/mol. The third-order valence-corrected chi connectivity index (χ3v) is 3.52. The second-order valence-electron chi connectivity index (χ2n) is 4.32. The molecule has 1 aromatic carbocycles. The second kappa shape index (κ2) is 7.45. The molecule has 0 heterocycles. The van der Waals surface area contributed by atoms with Gasteiger partial charge in [0, 0.05) is 28.9 Å². The number of non-ortho nitro benzene ring substituents is 1. The Morgan fingerprint density at radius 3 is 2.45 bits per heavy atom. The van der Waals surface area contributed by atoms with Crippen LogP contribution in [0.15, 0.2) is 18.2 Å². The Bertz CT molecular complexity index is 634. The van der Waals surface area contributed by atoms with Crippen molar-refractivity contribution in [3.63, 3.8) is 0 Å². The number of carboxylic acids is 1. The molecule has 2 N–H and O–H groups in total. The number of nitrogens with one attached hydrogen (secondary N) is 1. The summed E-state index contributed by atoms with van der Waals surface area (Å²) in [5, 5.41) is 33.1. The van der Waals surface area contributed by atoms with E-state index in [0.717, 1.165) is 18.2 Å². The number of hydrogen-bond acceptors (Lipinski definition) is 7. The monoisotopic (exact) mass is 331 g/mol. The first-order chi connectivity index (χ1) is 10.2. The van der Waals surface area contributed by atoms with Gasteiger partial charge in [-0.05, 0) is 12.5 Å². The summed E-state index contributed by atoms with van der Waals surface area (Å²) in [6.45, 7) is 0. The van der Waals surface area contributed by atoms with E-state index in [0.29, 0.717) is 0 Å².